The first-order valence-corrected chi connectivity index (χ1v) is 43.6. The number of pyridine rings is 3. The van der Waals surface area contributed by atoms with Crippen molar-refractivity contribution in [1.29, 1.82) is 0 Å². The molecule has 0 aliphatic carbocycles. The number of rotatable bonds is 17. The quantitative estimate of drug-likeness (QED) is 0.0568. The third-order valence-corrected chi connectivity index (χ3v) is 25.7. The van der Waals surface area contributed by atoms with Gasteiger partial charge in [-0.15, -0.1) is 0 Å². The van der Waals surface area contributed by atoms with Crippen LogP contribution in [-0.2, 0) is 50.1 Å². The van der Waals surface area contributed by atoms with Gasteiger partial charge in [-0.3, -0.25) is 4.98 Å². The number of hydrogen-bond donors (Lipinski definition) is 5. The van der Waals surface area contributed by atoms with Crippen LogP contribution in [0.4, 0.5) is 8.78 Å². The highest BCUT2D eigenvalue weighted by molar-refractivity contribution is 7.91. The summed E-state index contributed by atoms with van der Waals surface area (Å²) in [4.78, 5) is 13.0. The maximum absolute atomic E-state index is 14.4. The second-order valence-corrected chi connectivity index (χ2v) is 41.5. The van der Waals surface area contributed by atoms with E-state index < -0.39 is 89.4 Å². The Morgan fingerprint density at radius 1 is 0.315 bits per heavy atom. The number of nitrogens with one attached hydrogen (secondary N) is 5. The first kappa shape index (κ1) is 89.6. The molecule has 18 nitrogen and oxygen atoms in total. The number of fused-ring (bicyclic) bond motifs is 5. The molecule has 25 heteroatoms. The number of nitrogens with zero attached hydrogens (tertiary/aromatic N) is 3. The molecule has 0 amide bonds. The van der Waals surface area contributed by atoms with Crippen molar-refractivity contribution in [3.05, 3.63) is 192 Å². The molecule has 10 rings (SSSR count). The van der Waals surface area contributed by atoms with Gasteiger partial charge in [0.25, 0.3) is 20.0 Å². The summed E-state index contributed by atoms with van der Waals surface area (Å²) in [5.74, 6) is 0.262. The zero-order valence-electron chi connectivity index (χ0n) is 67.2. The van der Waals surface area contributed by atoms with E-state index in [1.165, 1.54) is 24.3 Å². The van der Waals surface area contributed by atoms with Crippen molar-refractivity contribution in [2.45, 2.75) is 262 Å². The molecule has 0 saturated heterocycles. The summed E-state index contributed by atoms with van der Waals surface area (Å²) >= 11 is 0. The smallest absolute Gasteiger partial charge is 0.259 e. The summed E-state index contributed by atoms with van der Waals surface area (Å²) in [6.45, 7) is 47.6. The first-order valence-electron chi connectivity index (χ1n) is 36.2. The van der Waals surface area contributed by atoms with Crippen LogP contribution < -0.4 is 23.6 Å². The number of aromatic nitrogens is 3. The summed E-state index contributed by atoms with van der Waals surface area (Å²) in [5.41, 5.74) is 2.18. The van der Waals surface area contributed by atoms with Crippen LogP contribution >= 0.6 is 0 Å². The Kier molecular flexibility index (Phi) is 28.6. The Labute approximate surface area is 642 Å². The molecule has 7 aromatic carbocycles. The van der Waals surface area contributed by atoms with E-state index >= 15 is 0 Å². The van der Waals surface area contributed by atoms with Crippen LogP contribution in [-0.4, -0.2) is 84.7 Å². The van der Waals surface area contributed by atoms with Crippen LogP contribution in [0, 0.1) is 11.6 Å². The van der Waals surface area contributed by atoms with E-state index in [2.05, 4.69) is 80.1 Å². The van der Waals surface area contributed by atoms with E-state index in [1.807, 2.05) is 151 Å². The summed E-state index contributed by atoms with van der Waals surface area (Å²) in [5, 5.41) is 6.64. The van der Waals surface area contributed by atoms with Crippen LogP contribution in [0.5, 0.6) is 0 Å². The third-order valence-electron chi connectivity index (χ3n) is 16.9. The van der Waals surface area contributed by atoms with Crippen molar-refractivity contribution >= 4 is 104 Å². The molecule has 3 heterocycles. The molecule has 0 unspecified atom stereocenters. The van der Waals surface area contributed by atoms with Crippen molar-refractivity contribution < 1.29 is 50.9 Å². The van der Waals surface area contributed by atoms with E-state index in [-0.39, 0.29) is 53.8 Å². The fourth-order valence-corrected chi connectivity index (χ4v) is 20.2. The highest BCUT2D eigenvalue weighted by Crippen LogP contribution is 2.37. The molecule has 0 bridgehead atoms. The minimum atomic E-state index is -3.80. The fourth-order valence-electron chi connectivity index (χ4n) is 12.1. The molecule has 5 N–H and O–H groups in total. The summed E-state index contributed by atoms with van der Waals surface area (Å²) in [6, 6.07) is 36.3. The van der Waals surface area contributed by atoms with Crippen LogP contribution in [0.3, 0.4) is 0 Å². The molecule has 588 valence electrons. The fraction of sp³-hybridized carbons (Fsp3) is 0.434. The highest BCUT2D eigenvalue weighted by Gasteiger charge is 2.32. The molecule has 0 fully saturated rings. The van der Waals surface area contributed by atoms with Crippen molar-refractivity contribution in [2.75, 3.05) is 0 Å². The van der Waals surface area contributed by atoms with E-state index in [0.29, 0.717) is 44.7 Å². The summed E-state index contributed by atoms with van der Waals surface area (Å²) < 4.78 is 168. The number of sulfonamides is 5. The van der Waals surface area contributed by atoms with Gasteiger partial charge in [0, 0.05) is 84.8 Å². The molecule has 10 aromatic rings. The lowest BCUT2D eigenvalue weighted by Gasteiger charge is -2.24. The van der Waals surface area contributed by atoms with E-state index in [4.69, 9.17) is 0 Å². The molecule has 0 aliphatic rings. The van der Waals surface area contributed by atoms with Gasteiger partial charge in [-0.1, -0.05) is 167 Å². The molecular weight excluding hydrogens is 1470 g/mol. The zero-order valence-corrected chi connectivity index (χ0v) is 71.3. The van der Waals surface area contributed by atoms with E-state index in [1.54, 1.807) is 109 Å². The van der Waals surface area contributed by atoms with E-state index in [0.717, 1.165) is 44.0 Å². The average molecular weight is 1580 g/mol. The molecule has 0 radical (unpaired) electrons. The van der Waals surface area contributed by atoms with Crippen LogP contribution in [0.15, 0.2) is 177 Å². The van der Waals surface area contributed by atoms with Crippen molar-refractivity contribution in [1.82, 2.24) is 38.6 Å². The standard InChI is InChI=1S/2C17H22FNO2S.C17H24N2O2S.2C16H22N2O2S/c1-11(2)12-9-10-15(22(20,21)19-17(3,4)5)13-7-6-8-14(18)16(12)13;1-11(2)12-9-10-15(22(20,21)19-17(3,4)5)16-13(12)7-6-8-14(16)18;1-6-17(4,5)19-22(20,21)16-14-10-8-7-9-13(14)15(11-18-16)12(2)3;1-11(2)12-6-7-15(14-10-17-9-8-13(12)14)21(19,20)18-16(3,4)5;1-11(2)14-10-17-15(13-9-7-6-8-12(13)14)21(19,20)18-16(3,4)5/h2*6-11,19H,1-5H3;7-12,19H,6H2,1-5H3;2*6-11,18H,1-5H3. The van der Waals surface area contributed by atoms with Gasteiger partial charge >= 0.3 is 0 Å². The molecule has 0 spiro atoms. The Morgan fingerprint density at radius 2 is 0.630 bits per heavy atom. The minimum Gasteiger partial charge on any atom is -0.264 e. The monoisotopic (exact) mass is 1580 g/mol. The Morgan fingerprint density at radius 3 is 1.03 bits per heavy atom. The normalized spacial score (nSPS) is 13.0. The first-order chi connectivity index (χ1) is 49.5. The van der Waals surface area contributed by atoms with Crippen LogP contribution in [0.2, 0.25) is 0 Å². The van der Waals surface area contributed by atoms with Gasteiger partial charge in [-0.2, -0.15) is 0 Å². The molecule has 108 heavy (non-hydrogen) atoms. The van der Waals surface area contributed by atoms with Gasteiger partial charge in [0.15, 0.2) is 10.1 Å². The second-order valence-electron chi connectivity index (χ2n) is 33.4. The Bertz CT molecular complexity index is 5350. The van der Waals surface area contributed by atoms with Gasteiger partial charge in [0.1, 0.15) is 11.6 Å². The van der Waals surface area contributed by atoms with Gasteiger partial charge < -0.3 is 0 Å². The maximum Gasteiger partial charge on any atom is 0.259 e. The van der Waals surface area contributed by atoms with Crippen molar-refractivity contribution in [3.63, 3.8) is 0 Å². The highest BCUT2D eigenvalue weighted by atomic mass is 32.2. The Hall–Kier alpha value is -7.30. The number of halogens is 2. The lowest BCUT2D eigenvalue weighted by molar-refractivity contribution is 0.438. The Balaban J connectivity index is 0.000000211. The lowest BCUT2D eigenvalue weighted by Crippen LogP contribution is -2.43. The molecular formula is C83H112F2N8O10S5. The molecule has 3 aromatic heterocycles. The van der Waals surface area contributed by atoms with Gasteiger partial charge in [0.2, 0.25) is 30.1 Å². The molecule has 0 atom stereocenters. The second kappa shape index (κ2) is 34.5. The largest absolute Gasteiger partial charge is 0.264 e. The topological polar surface area (TPSA) is 270 Å². The number of hydrogen-bond acceptors (Lipinski definition) is 13. The third kappa shape index (κ3) is 23.2. The molecule has 0 saturated carbocycles. The predicted molar refractivity (Wildman–Crippen MR) is 438 cm³/mol. The van der Waals surface area contributed by atoms with Gasteiger partial charge in [-0.25, -0.2) is 84.4 Å². The summed E-state index contributed by atoms with van der Waals surface area (Å²) in [7, 11) is -18.4. The summed E-state index contributed by atoms with van der Waals surface area (Å²) in [6.07, 6.45) is 7.37. The van der Waals surface area contributed by atoms with Gasteiger partial charge in [0.05, 0.1) is 14.7 Å². The molecule has 0 aliphatic heterocycles. The SMILES string of the molecule is CC(C)c1ccc(S(=O)(=O)NC(C)(C)C)c2c(F)cccc12.CC(C)c1ccc(S(=O)(=O)NC(C)(C)C)c2cccc(F)c12.CC(C)c1ccc(S(=O)(=O)NC(C)(C)C)c2cnccc12.CC(C)c1cnc(S(=O)(=O)NC(C)(C)C)c2ccccc12.CCC(C)(C)NS(=O)(=O)c1ncc(C(C)C)c2ccccc12. The van der Waals surface area contributed by atoms with E-state index in [9.17, 15) is 50.9 Å². The van der Waals surface area contributed by atoms with Gasteiger partial charge in [-0.05, 0) is 219 Å². The van der Waals surface area contributed by atoms with Crippen molar-refractivity contribution in [2.24, 2.45) is 0 Å². The van der Waals surface area contributed by atoms with Crippen LogP contribution in [0.25, 0.3) is 53.9 Å². The number of benzene rings is 7. The maximum atomic E-state index is 14.4. The zero-order chi connectivity index (χ0) is 81.6. The van der Waals surface area contributed by atoms with Crippen LogP contribution in [0.1, 0.15) is 237 Å². The average Bonchev–Trinajstić information content (AvgIpc) is 0.784. The lowest BCUT2D eigenvalue weighted by atomic mass is 9.96. The predicted octanol–water partition coefficient (Wildman–Crippen LogP) is 19.1. The van der Waals surface area contributed by atoms with Crippen molar-refractivity contribution in [3.8, 4) is 0 Å². The minimum absolute atomic E-state index is 0.0140.